The van der Waals surface area contributed by atoms with E-state index in [0.717, 1.165) is 12.1 Å². The highest BCUT2D eigenvalue weighted by Gasteiger charge is 2.06. The van der Waals surface area contributed by atoms with Crippen LogP contribution < -0.4 is 10.6 Å². The van der Waals surface area contributed by atoms with Gasteiger partial charge in [0.1, 0.15) is 0 Å². The number of aliphatic hydroxyl groups is 1. The quantitative estimate of drug-likeness (QED) is 0.717. The van der Waals surface area contributed by atoms with Crippen LogP contribution >= 0.6 is 12.2 Å². The minimum absolute atomic E-state index is 0.0138. The van der Waals surface area contributed by atoms with Crippen molar-refractivity contribution in [2.24, 2.45) is 0 Å². The van der Waals surface area contributed by atoms with Gasteiger partial charge in [-0.1, -0.05) is 32.9 Å². The van der Waals surface area contributed by atoms with Crippen molar-refractivity contribution in [1.82, 2.24) is 5.32 Å². The molecule has 4 heteroatoms. The van der Waals surface area contributed by atoms with Crippen LogP contribution in [0.3, 0.4) is 0 Å². The normalized spacial score (nSPS) is 12.3. The fourth-order valence-corrected chi connectivity index (χ4v) is 1.87. The number of hydrogen-bond donors (Lipinski definition) is 3. The predicted molar refractivity (Wildman–Crippen MR) is 81.1 cm³/mol. The average molecular weight is 266 g/mol. The van der Waals surface area contributed by atoms with Gasteiger partial charge in [-0.2, -0.15) is 0 Å². The zero-order valence-corrected chi connectivity index (χ0v) is 12.1. The third-order valence-electron chi connectivity index (χ3n) is 2.88. The fourth-order valence-electron chi connectivity index (χ4n) is 1.58. The third kappa shape index (κ3) is 4.63. The van der Waals surface area contributed by atoms with Crippen LogP contribution in [0.1, 0.15) is 38.7 Å². The van der Waals surface area contributed by atoms with Gasteiger partial charge in [-0.25, -0.2) is 0 Å². The molecule has 3 nitrogen and oxygen atoms in total. The summed E-state index contributed by atoms with van der Waals surface area (Å²) in [5, 5.41) is 15.8. The summed E-state index contributed by atoms with van der Waals surface area (Å²) in [6, 6.07) is 8.24. The Morgan fingerprint density at radius 1 is 1.28 bits per heavy atom. The number of nitrogens with one attached hydrogen (secondary N) is 2. The van der Waals surface area contributed by atoms with Gasteiger partial charge in [0, 0.05) is 5.69 Å². The third-order valence-corrected chi connectivity index (χ3v) is 3.10. The number of aliphatic hydroxyl groups excluding tert-OH is 1. The number of anilines is 1. The molecule has 0 saturated heterocycles. The van der Waals surface area contributed by atoms with Crippen molar-refractivity contribution < 1.29 is 5.11 Å². The molecule has 1 atom stereocenters. The summed E-state index contributed by atoms with van der Waals surface area (Å²) in [4.78, 5) is 0. The Balaban J connectivity index is 2.54. The molecule has 0 spiro atoms. The molecule has 0 aliphatic heterocycles. The largest absolute Gasteiger partial charge is 0.394 e. The molecule has 0 fully saturated rings. The first-order chi connectivity index (χ1) is 8.56. The molecular weight excluding hydrogens is 244 g/mol. The number of thiocarbonyl (C=S) groups is 1. The van der Waals surface area contributed by atoms with Crippen molar-refractivity contribution in [3.63, 3.8) is 0 Å². The Bertz CT molecular complexity index is 372. The van der Waals surface area contributed by atoms with Gasteiger partial charge in [0.2, 0.25) is 0 Å². The molecule has 0 aromatic heterocycles. The molecule has 18 heavy (non-hydrogen) atoms. The highest BCUT2D eigenvalue weighted by atomic mass is 32.1. The number of benzene rings is 1. The lowest BCUT2D eigenvalue weighted by atomic mass is 10.0. The first-order valence-corrected chi connectivity index (χ1v) is 6.76. The first-order valence-electron chi connectivity index (χ1n) is 6.35. The van der Waals surface area contributed by atoms with Crippen molar-refractivity contribution in [3.05, 3.63) is 29.8 Å². The van der Waals surface area contributed by atoms with E-state index in [2.05, 4.69) is 36.6 Å². The van der Waals surface area contributed by atoms with Crippen LogP contribution in [0.4, 0.5) is 5.69 Å². The van der Waals surface area contributed by atoms with Crippen molar-refractivity contribution >= 4 is 23.0 Å². The van der Waals surface area contributed by atoms with E-state index in [0.29, 0.717) is 11.0 Å². The first kappa shape index (κ1) is 14.9. The van der Waals surface area contributed by atoms with E-state index < -0.39 is 0 Å². The van der Waals surface area contributed by atoms with Gasteiger partial charge in [0.25, 0.3) is 0 Å². The van der Waals surface area contributed by atoms with Gasteiger partial charge >= 0.3 is 0 Å². The summed E-state index contributed by atoms with van der Waals surface area (Å²) in [5.74, 6) is 0.531. The number of rotatable bonds is 5. The van der Waals surface area contributed by atoms with Crippen LogP contribution in [0.5, 0.6) is 0 Å². The predicted octanol–water partition coefficient (Wildman–Crippen LogP) is 2.87. The summed E-state index contributed by atoms with van der Waals surface area (Å²) >= 11 is 5.20. The van der Waals surface area contributed by atoms with E-state index >= 15 is 0 Å². The molecule has 0 amide bonds. The Hall–Kier alpha value is -1.13. The SMILES string of the molecule is CC[C@H](CO)NC(=S)Nc1ccc(C(C)C)cc1. The van der Waals surface area contributed by atoms with Crippen molar-refractivity contribution in [1.29, 1.82) is 0 Å². The van der Waals surface area contributed by atoms with E-state index in [4.69, 9.17) is 17.3 Å². The monoisotopic (exact) mass is 266 g/mol. The standard InChI is InChI=1S/C14H22N2OS/c1-4-12(9-17)15-14(18)16-13-7-5-11(6-8-13)10(2)3/h5-8,10,12,17H,4,9H2,1-3H3,(H2,15,16,18)/t12-/m1/s1. The Labute approximate surface area is 115 Å². The van der Waals surface area contributed by atoms with Crippen LogP contribution in [0.15, 0.2) is 24.3 Å². The van der Waals surface area contributed by atoms with Gasteiger partial charge in [-0.15, -0.1) is 0 Å². The van der Waals surface area contributed by atoms with Crippen molar-refractivity contribution in [2.75, 3.05) is 11.9 Å². The maximum Gasteiger partial charge on any atom is 0.171 e. The second kappa shape index (κ2) is 7.34. The maximum absolute atomic E-state index is 9.09. The zero-order valence-electron chi connectivity index (χ0n) is 11.2. The summed E-state index contributed by atoms with van der Waals surface area (Å²) in [6.07, 6.45) is 0.838. The maximum atomic E-state index is 9.09. The summed E-state index contributed by atoms with van der Waals surface area (Å²) in [6.45, 7) is 6.43. The van der Waals surface area contributed by atoms with Gasteiger partial charge < -0.3 is 15.7 Å². The van der Waals surface area contributed by atoms with Crippen LogP contribution in [-0.4, -0.2) is 22.9 Å². The van der Waals surface area contributed by atoms with E-state index in [-0.39, 0.29) is 12.6 Å². The van der Waals surface area contributed by atoms with Crippen LogP contribution in [-0.2, 0) is 0 Å². The van der Waals surface area contributed by atoms with Gasteiger partial charge in [-0.05, 0) is 42.3 Å². The van der Waals surface area contributed by atoms with E-state index in [9.17, 15) is 0 Å². The minimum Gasteiger partial charge on any atom is -0.394 e. The van der Waals surface area contributed by atoms with Crippen LogP contribution in [0.25, 0.3) is 0 Å². The van der Waals surface area contributed by atoms with E-state index in [1.54, 1.807) is 0 Å². The fraction of sp³-hybridized carbons (Fsp3) is 0.500. The molecule has 0 radical (unpaired) electrons. The smallest absolute Gasteiger partial charge is 0.171 e. The zero-order chi connectivity index (χ0) is 13.5. The average Bonchev–Trinajstić information content (AvgIpc) is 2.36. The van der Waals surface area contributed by atoms with E-state index in [1.807, 2.05) is 19.1 Å². The molecule has 100 valence electrons. The topological polar surface area (TPSA) is 44.3 Å². The molecule has 3 N–H and O–H groups in total. The van der Waals surface area contributed by atoms with E-state index in [1.165, 1.54) is 5.56 Å². The van der Waals surface area contributed by atoms with Gasteiger partial charge in [-0.3, -0.25) is 0 Å². The molecule has 1 aromatic carbocycles. The molecule has 0 saturated carbocycles. The molecule has 1 rings (SSSR count). The number of hydrogen-bond acceptors (Lipinski definition) is 2. The van der Waals surface area contributed by atoms with Gasteiger partial charge in [0.15, 0.2) is 5.11 Å². The lowest BCUT2D eigenvalue weighted by molar-refractivity contribution is 0.253. The summed E-state index contributed by atoms with van der Waals surface area (Å²) in [5.41, 5.74) is 2.27. The van der Waals surface area contributed by atoms with Crippen LogP contribution in [0, 0.1) is 0 Å². The highest BCUT2D eigenvalue weighted by Crippen LogP contribution is 2.17. The summed E-state index contributed by atoms with van der Waals surface area (Å²) in [7, 11) is 0. The van der Waals surface area contributed by atoms with Crippen LogP contribution in [0.2, 0.25) is 0 Å². The molecular formula is C14H22N2OS. The molecule has 0 bridgehead atoms. The Morgan fingerprint density at radius 2 is 1.89 bits per heavy atom. The lowest BCUT2D eigenvalue weighted by Gasteiger charge is -2.17. The second-order valence-electron chi connectivity index (χ2n) is 4.66. The molecule has 0 unspecified atom stereocenters. The highest BCUT2D eigenvalue weighted by molar-refractivity contribution is 7.80. The molecule has 0 aliphatic carbocycles. The molecule has 1 aromatic rings. The molecule has 0 aliphatic rings. The molecule has 0 heterocycles. The summed E-state index contributed by atoms with van der Waals surface area (Å²) < 4.78 is 0. The van der Waals surface area contributed by atoms with Gasteiger partial charge in [0.05, 0.1) is 12.6 Å². The second-order valence-corrected chi connectivity index (χ2v) is 5.07. The Kier molecular flexibility index (Phi) is 6.09. The van der Waals surface area contributed by atoms with Crippen molar-refractivity contribution in [2.45, 2.75) is 39.2 Å². The Morgan fingerprint density at radius 3 is 2.33 bits per heavy atom. The lowest BCUT2D eigenvalue weighted by Crippen LogP contribution is -2.39. The minimum atomic E-state index is 0.0138. The van der Waals surface area contributed by atoms with Crippen molar-refractivity contribution in [3.8, 4) is 0 Å².